The number of carbonyl (C=O) groups excluding carboxylic acids is 1. The SMILES string of the molecule is CC(C)CC(CNC(=O)CC1CSCCN1)CC(=O)O. The number of hydrogen-bond donors (Lipinski definition) is 3. The Kier molecular flexibility index (Phi) is 7.99. The van der Waals surface area contributed by atoms with Crippen molar-refractivity contribution in [2.45, 2.75) is 39.2 Å². The van der Waals surface area contributed by atoms with Gasteiger partial charge in [-0.15, -0.1) is 0 Å². The molecule has 5 nitrogen and oxygen atoms in total. The molecule has 2 unspecified atom stereocenters. The highest BCUT2D eigenvalue weighted by Crippen LogP contribution is 2.15. The molecule has 1 aliphatic rings. The van der Waals surface area contributed by atoms with Crippen molar-refractivity contribution in [1.82, 2.24) is 10.6 Å². The van der Waals surface area contributed by atoms with Crippen molar-refractivity contribution in [3.63, 3.8) is 0 Å². The predicted molar refractivity (Wildman–Crippen MR) is 81.9 cm³/mol. The van der Waals surface area contributed by atoms with Crippen LogP contribution in [-0.4, -0.2) is 47.6 Å². The summed E-state index contributed by atoms with van der Waals surface area (Å²) in [5.41, 5.74) is 0. The van der Waals surface area contributed by atoms with E-state index in [1.165, 1.54) is 0 Å². The van der Waals surface area contributed by atoms with E-state index in [1.807, 2.05) is 11.8 Å². The third kappa shape index (κ3) is 7.75. The Labute approximate surface area is 125 Å². The zero-order valence-electron chi connectivity index (χ0n) is 12.4. The van der Waals surface area contributed by atoms with Gasteiger partial charge < -0.3 is 15.7 Å². The number of carbonyl (C=O) groups is 2. The summed E-state index contributed by atoms with van der Waals surface area (Å²) in [6, 6.07) is 0.247. The third-order valence-electron chi connectivity index (χ3n) is 3.29. The zero-order chi connectivity index (χ0) is 15.0. The van der Waals surface area contributed by atoms with Crippen molar-refractivity contribution < 1.29 is 14.7 Å². The van der Waals surface area contributed by atoms with Crippen LogP contribution in [0.4, 0.5) is 0 Å². The molecule has 1 heterocycles. The van der Waals surface area contributed by atoms with Crippen LogP contribution in [0.1, 0.15) is 33.1 Å². The summed E-state index contributed by atoms with van der Waals surface area (Å²) in [4.78, 5) is 22.7. The number of nitrogens with one attached hydrogen (secondary N) is 2. The van der Waals surface area contributed by atoms with Gasteiger partial charge in [0, 0.05) is 43.5 Å². The van der Waals surface area contributed by atoms with Crippen LogP contribution < -0.4 is 10.6 Å². The molecule has 1 aliphatic heterocycles. The van der Waals surface area contributed by atoms with E-state index in [4.69, 9.17) is 5.11 Å². The number of hydrogen-bond acceptors (Lipinski definition) is 4. The summed E-state index contributed by atoms with van der Waals surface area (Å²) in [7, 11) is 0. The van der Waals surface area contributed by atoms with Gasteiger partial charge in [0.1, 0.15) is 0 Å². The van der Waals surface area contributed by atoms with Crippen LogP contribution in [0.5, 0.6) is 0 Å². The molecule has 0 radical (unpaired) electrons. The number of carboxylic acid groups (broad SMARTS) is 1. The fraction of sp³-hybridized carbons (Fsp3) is 0.857. The lowest BCUT2D eigenvalue weighted by Crippen LogP contribution is -2.42. The Morgan fingerprint density at radius 1 is 1.45 bits per heavy atom. The zero-order valence-corrected chi connectivity index (χ0v) is 13.2. The van der Waals surface area contributed by atoms with Gasteiger partial charge >= 0.3 is 5.97 Å². The van der Waals surface area contributed by atoms with Crippen molar-refractivity contribution in [3.05, 3.63) is 0 Å². The molecule has 3 N–H and O–H groups in total. The van der Waals surface area contributed by atoms with Crippen LogP contribution in [0.3, 0.4) is 0 Å². The van der Waals surface area contributed by atoms with Gasteiger partial charge in [0.05, 0.1) is 0 Å². The van der Waals surface area contributed by atoms with Gasteiger partial charge in [0.2, 0.25) is 5.91 Å². The van der Waals surface area contributed by atoms with Gasteiger partial charge in [-0.3, -0.25) is 9.59 Å². The van der Waals surface area contributed by atoms with E-state index in [1.54, 1.807) is 0 Å². The van der Waals surface area contributed by atoms with Crippen LogP contribution in [-0.2, 0) is 9.59 Å². The second kappa shape index (κ2) is 9.23. The van der Waals surface area contributed by atoms with E-state index in [-0.39, 0.29) is 24.3 Å². The smallest absolute Gasteiger partial charge is 0.303 e. The largest absolute Gasteiger partial charge is 0.481 e. The molecule has 116 valence electrons. The Balaban J connectivity index is 2.29. The first-order valence-electron chi connectivity index (χ1n) is 7.27. The normalized spacial score (nSPS) is 20.6. The maximum absolute atomic E-state index is 11.9. The summed E-state index contributed by atoms with van der Waals surface area (Å²) in [6.45, 7) is 5.56. The summed E-state index contributed by atoms with van der Waals surface area (Å²) in [5.74, 6) is 1.75. The van der Waals surface area contributed by atoms with E-state index >= 15 is 0 Å². The highest BCUT2D eigenvalue weighted by Gasteiger charge is 2.19. The minimum atomic E-state index is -0.796. The Hall–Kier alpha value is -0.750. The summed E-state index contributed by atoms with van der Waals surface area (Å²) in [6.07, 6.45) is 1.43. The van der Waals surface area contributed by atoms with E-state index < -0.39 is 5.97 Å². The highest BCUT2D eigenvalue weighted by atomic mass is 32.2. The Bertz CT molecular complexity index is 318. The molecule has 0 aromatic heterocycles. The van der Waals surface area contributed by atoms with Crippen molar-refractivity contribution in [2.24, 2.45) is 11.8 Å². The number of aliphatic carboxylic acids is 1. The fourth-order valence-corrected chi connectivity index (χ4v) is 3.41. The maximum Gasteiger partial charge on any atom is 0.303 e. The second-order valence-corrected chi connectivity index (χ2v) is 6.98. The van der Waals surface area contributed by atoms with Gasteiger partial charge in [-0.1, -0.05) is 13.8 Å². The minimum Gasteiger partial charge on any atom is -0.481 e. The van der Waals surface area contributed by atoms with E-state index in [0.717, 1.165) is 24.5 Å². The topological polar surface area (TPSA) is 78.4 Å². The molecule has 1 amide bonds. The molecule has 0 aromatic carbocycles. The van der Waals surface area contributed by atoms with Crippen LogP contribution in [0.2, 0.25) is 0 Å². The number of carboxylic acids is 1. The van der Waals surface area contributed by atoms with Gasteiger partial charge in [0.25, 0.3) is 0 Å². The highest BCUT2D eigenvalue weighted by molar-refractivity contribution is 7.99. The molecule has 1 rings (SSSR count). The molecule has 2 atom stereocenters. The lowest BCUT2D eigenvalue weighted by molar-refractivity contribution is -0.138. The van der Waals surface area contributed by atoms with Gasteiger partial charge in [-0.25, -0.2) is 0 Å². The molecule has 0 aliphatic carbocycles. The molecule has 0 saturated carbocycles. The molecule has 20 heavy (non-hydrogen) atoms. The molecule has 6 heteroatoms. The Morgan fingerprint density at radius 3 is 2.75 bits per heavy atom. The first-order chi connectivity index (χ1) is 9.47. The fourth-order valence-electron chi connectivity index (χ4n) is 2.46. The lowest BCUT2D eigenvalue weighted by atomic mass is 9.94. The van der Waals surface area contributed by atoms with E-state index in [2.05, 4.69) is 24.5 Å². The first-order valence-corrected chi connectivity index (χ1v) is 8.42. The van der Waals surface area contributed by atoms with Crippen molar-refractivity contribution in [2.75, 3.05) is 24.6 Å². The first kappa shape index (κ1) is 17.3. The van der Waals surface area contributed by atoms with E-state index in [9.17, 15) is 9.59 Å². The van der Waals surface area contributed by atoms with Crippen LogP contribution in [0.15, 0.2) is 0 Å². The molecular formula is C14H26N2O3S. The average Bonchev–Trinajstić information content (AvgIpc) is 2.36. The van der Waals surface area contributed by atoms with E-state index in [0.29, 0.717) is 18.9 Å². The van der Waals surface area contributed by atoms with Gasteiger partial charge in [-0.2, -0.15) is 11.8 Å². The maximum atomic E-state index is 11.9. The van der Waals surface area contributed by atoms with Crippen molar-refractivity contribution in [1.29, 1.82) is 0 Å². The summed E-state index contributed by atoms with van der Waals surface area (Å²) >= 11 is 1.87. The minimum absolute atomic E-state index is 0.0177. The molecule has 1 saturated heterocycles. The quantitative estimate of drug-likeness (QED) is 0.630. The Morgan fingerprint density at radius 2 is 2.20 bits per heavy atom. The van der Waals surface area contributed by atoms with Crippen LogP contribution in [0, 0.1) is 11.8 Å². The summed E-state index contributed by atoms with van der Waals surface area (Å²) < 4.78 is 0. The summed E-state index contributed by atoms with van der Waals surface area (Å²) in [5, 5.41) is 15.1. The van der Waals surface area contributed by atoms with Crippen LogP contribution in [0.25, 0.3) is 0 Å². The molecule has 0 spiro atoms. The predicted octanol–water partition coefficient (Wildman–Crippen LogP) is 1.33. The van der Waals surface area contributed by atoms with Gasteiger partial charge in [0.15, 0.2) is 0 Å². The molecule has 0 bridgehead atoms. The second-order valence-electron chi connectivity index (χ2n) is 5.83. The standard InChI is InChI=1S/C14H26N2O3S/c1-10(2)5-11(6-14(18)19)8-16-13(17)7-12-9-20-4-3-15-12/h10-12,15H,3-9H2,1-2H3,(H,16,17)(H,18,19). The lowest BCUT2D eigenvalue weighted by Gasteiger charge is -2.23. The number of thioether (sulfide) groups is 1. The molecule has 0 aromatic rings. The van der Waals surface area contributed by atoms with Crippen molar-refractivity contribution >= 4 is 23.6 Å². The average molecular weight is 302 g/mol. The third-order valence-corrected chi connectivity index (χ3v) is 4.42. The molecular weight excluding hydrogens is 276 g/mol. The number of amides is 1. The number of rotatable bonds is 8. The van der Waals surface area contributed by atoms with Crippen LogP contribution >= 0.6 is 11.8 Å². The molecule has 1 fully saturated rings. The van der Waals surface area contributed by atoms with Crippen molar-refractivity contribution in [3.8, 4) is 0 Å². The van der Waals surface area contributed by atoms with Gasteiger partial charge in [-0.05, 0) is 18.3 Å². The monoisotopic (exact) mass is 302 g/mol.